The SMILES string of the molecule is COc1ccccc1NC(=O)[C@H](C)OC(=O)CCN1C(=O)NC(C)(C)C1=O. The van der Waals surface area contributed by atoms with Gasteiger partial charge < -0.3 is 20.1 Å². The molecule has 9 heteroatoms. The van der Waals surface area contributed by atoms with Gasteiger partial charge in [-0.05, 0) is 32.9 Å². The van der Waals surface area contributed by atoms with Crippen molar-refractivity contribution in [2.45, 2.75) is 38.8 Å². The van der Waals surface area contributed by atoms with Crippen LogP contribution in [-0.2, 0) is 19.1 Å². The van der Waals surface area contributed by atoms with E-state index in [0.717, 1.165) is 4.90 Å². The Morgan fingerprint density at radius 1 is 1.26 bits per heavy atom. The largest absolute Gasteiger partial charge is 0.495 e. The fourth-order valence-corrected chi connectivity index (χ4v) is 2.52. The van der Waals surface area contributed by atoms with Gasteiger partial charge in [-0.15, -0.1) is 0 Å². The van der Waals surface area contributed by atoms with Gasteiger partial charge in [-0.25, -0.2) is 4.79 Å². The predicted molar refractivity (Wildman–Crippen MR) is 96.1 cm³/mol. The average Bonchev–Trinajstić information content (AvgIpc) is 2.80. The molecule has 1 atom stereocenters. The Labute approximate surface area is 157 Å². The molecule has 0 spiro atoms. The van der Waals surface area contributed by atoms with Crippen LogP contribution in [-0.4, -0.2) is 54.0 Å². The summed E-state index contributed by atoms with van der Waals surface area (Å²) in [5, 5.41) is 5.14. The van der Waals surface area contributed by atoms with Gasteiger partial charge in [-0.2, -0.15) is 0 Å². The van der Waals surface area contributed by atoms with Crippen molar-refractivity contribution in [3.05, 3.63) is 24.3 Å². The van der Waals surface area contributed by atoms with E-state index in [4.69, 9.17) is 9.47 Å². The molecule has 0 bridgehead atoms. The molecular formula is C18H23N3O6. The number of carbonyl (C=O) groups excluding carboxylic acids is 4. The fraction of sp³-hybridized carbons (Fsp3) is 0.444. The van der Waals surface area contributed by atoms with Crippen molar-refractivity contribution in [2.75, 3.05) is 19.0 Å². The van der Waals surface area contributed by atoms with Gasteiger partial charge in [0.25, 0.3) is 11.8 Å². The Morgan fingerprint density at radius 2 is 1.93 bits per heavy atom. The third-order valence-corrected chi connectivity index (χ3v) is 4.03. The first-order valence-electron chi connectivity index (χ1n) is 8.43. The second kappa shape index (κ2) is 8.07. The predicted octanol–water partition coefficient (Wildman–Crippen LogP) is 1.29. The number of urea groups is 1. The van der Waals surface area contributed by atoms with Crippen LogP contribution in [0.25, 0.3) is 0 Å². The van der Waals surface area contributed by atoms with Crippen molar-refractivity contribution in [1.29, 1.82) is 0 Å². The van der Waals surface area contributed by atoms with E-state index in [1.165, 1.54) is 14.0 Å². The van der Waals surface area contributed by atoms with Gasteiger partial charge in [0, 0.05) is 6.54 Å². The number of nitrogens with one attached hydrogen (secondary N) is 2. The lowest BCUT2D eigenvalue weighted by Gasteiger charge is -2.17. The first-order valence-corrected chi connectivity index (χ1v) is 8.43. The Bertz CT molecular complexity index is 761. The number of ether oxygens (including phenoxy) is 2. The van der Waals surface area contributed by atoms with Crippen LogP contribution in [0.4, 0.5) is 10.5 Å². The molecule has 2 N–H and O–H groups in total. The highest BCUT2D eigenvalue weighted by Crippen LogP contribution is 2.23. The van der Waals surface area contributed by atoms with Crippen LogP contribution in [0.2, 0.25) is 0 Å². The molecule has 1 fully saturated rings. The number of nitrogens with zero attached hydrogens (tertiary/aromatic N) is 1. The molecule has 2 rings (SSSR count). The van der Waals surface area contributed by atoms with Crippen LogP contribution < -0.4 is 15.4 Å². The Kier molecular flexibility index (Phi) is 6.04. The number of benzene rings is 1. The molecule has 0 saturated carbocycles. The van der Waals surface area contributed by atoms with Crippen LogP contribution in [0.15, 0.2) is 24.3 Å². The Morgan fingerprint density at radius 3 is 2.52 bits per heavy atom. The Hall–Kier alpha value is -3.10. The minimum Gasteiger partial charge on any atom is -0.495 e. The molecule has 4 amide bonds. The standard InChI is InChI=1S/C18H23N3O6/c1-11(15(23)19-12-7-5-6-8-13(12)26-4)27-14(22)9-10-21-16(24)18(2,3)20-17(21)25/h5-8,11H,9-10H2,1-4H3,(H,19,23)(H,20,25)/t11-/m0/s1. The minimum atomic E-state index is -1.05. The van der Waals surface area contributed by atoms with Gasteiger partial charge in [0.15, 0.2) is 6.10 Å². The number of hydrogen-bond acceptors (Lipinski definition) is 6. The number of anilines is 1. The summed E-state index contributed by atoms with van der Waals surface area (Å²) in [6.07, 6.45) is -1.26. The maximum atomic E-state index is 12.2. The van der Waals surface area contributed by atoms with Crippen LogP contribution >= 0.6 is 0 Å². The zero-order valence-electron chi connectivity index (χ0n) is 15.7. The van der Waals surface area contributed by atoms with Gasteiger partial charge in [-0.3, -0.25) is 19.3 Å². The van der Waals surface area contributed by atoms with E-state index in [1.807, 2.05) is 0 Å². The van der Waals surface area contributed by atoms with Gasteiger partial charge in [0.05, 0.1) is 19.2 Å². The van der Waals surface area contributed by atoms with Crippen molar-refractivity contribution < 1.29 is 28.7 Å². The number of hydrogen-bond donors (Lipinski definition) is 2. The number of esters is 1. The third-order valence-electron chi connectivity index (χ3n) is 4.03. The molecule has 0 unspecified atom stereocenters. The van der Waals surface area contributed by atoms with Crippen LogP contribution in [0.5, 0.6) is 5.75 Å². The van der Waals surface area contributed by atoms with E-state index in [2.05, 4.69) is 10.6 Å². The number of methoxy groups -OCH3 is 1. The summed E-state index contributed by atoms with van der Waals surface area (Å²) >= 11 is 0. The molecular weight excluding hydrogens is 354 g/mol. The lowest BCUT2D eigenvalue weighted by molar-refractivity contribution is -0.153. The van der Waals surface area contributed by atoms with E-state index in [-0.39, 0.29) is 13.0 Å². The van der Waals surface area contributed by atoms with Gasteiger partial charge in [0.2, 0.25) is 0 Å². The van der Waals surface area contributed by atoms with Crippen molar-refractivity contribution in [2.24, 2.45) is 0 Å². The van der Waals surface area contributed by atoms with E-state index in [9.17, 15) is 19.2 Å². The topological polar surface area (TPSA) is 114 Å². The quantitative estimate of drug-likeness (QED) is 0.547. The molecule has 146 valence electrons. The number of para-hydroxylation sites is 2. The molecule has 0 aromatic heterocycles. The van der Waals surface area contributed by atoms with E-state index in [1.54, 1.807) is 38.1 Å². The maximum Gasteiger partial charge on any atom is 0.325 e. The number of amides is 4. The molecule has 1 saturated heterocycles. The lowest BCUT2D eigenvalue weighted by Crippen LogP contribution is -2.40. The molecule has 27 heavy (non-hydrogen) atoms. The molecule has 1 aliphatic heterocycles. The third kappa shape index (κ3) is 4.75. The highest BCUT2D eigenvalue weighted by molar-refractivity contribution is 6.06. The van der Waals surface area contributed by atoms with E-state index < -0.39 is 35.5 Å². The molecule has 1 aromatic carbocycles. The molecule has 0 aliphatic carbocycles. The fourth-order valence-electron chi connectivity index (χ4n) is 2.52. The minimum absolute atomic E-state index is 0.117. The monoisotopic (exact) mass is 377 g/mol. The zero-order chi connectivity index (χ0) is 20.2. The second-order valence-corrected chi connectivity index (χ2v) is 6.58. The van der Waals surface area contributed by atoms with Crippen molar-refractivity contribution in [3.63, 3.8) is 0 Å². The van der Waals surface area contributed by atoms with Crippen LogP contribution in [0.3, 0.4) is 0 Å². The van der Waals surface area contributed by atoms with Gasteiger partial charge in [0.1, 0.15) is 11.3 Å². The summed E-state index contributed by atoms with van der Waals surface area (Å²) in [6.45, 7) is 4.47. The lowest BCUT2D eigenvalue weighted by atomic mass is 10.1. The first-order chi connectivity index (χ1) is 12.7. The molecule has 1 aromatic rings. The average molecular weight is 377 g/mol. The zero-order valence-corrected chi connectivity index (χ0v) is 15.7. The summed E-state index contributed by atoms with van der Waals surface area (Å²) in [6, 6.07) is 6.28. The van der Waals surface area contributed by atoms with Crippen molar-refractivity contribution in [3.8, 4) is 5.75 Å². The van der Waals surface area contributed by atoms with Crippen molar-refractivity contribution >= 4 is 29.5 Å². The smallest absolute Gasteiger partial charge is 0.325 e. The maximum absolute atomic E-state index is 12.2. The summed E-state index contributed by atoms with van der Waals surface area (Å²) in [5.41, 5.74) is -0.544. The second-order valence-electron chi connectivity index (χ2n) is 6.58. The van der Waals surface area contributed by atoms with Crippen molar-refractivity contribution in [1.82, 2.24) is 10.2 Å². The van der Waals surface area contributed by atoms with Crippen LogP contribution in [0.1, 0.15) is 27.2 Å². The molecule has 9 nitrogen and oxygen atoms in total. The molecule has 1 aliphatic rings. The van der Waals surface area contributed by atoms with Gasteiger partial charge >= 0.3 is 12.0 Å². The van der Waals surface area contributed by atoms with E-state index in [0.29, 0.717) is 11.4 Å². The Balaban J connectivity index is 1.85. The van der Waals surface area contributed by atoms with Gasteiger partial charge in [-0.1, -0.05) is 12.1 Å². The number of rotatable bonds is 7. The van der Waals surface area contributed by atoms with Crippen LogP contribution in [0, 0.1) is 0 Å². The molecule has 0 radical (unpaired) electrons. The summed E-state index contributed by atoms with van der Waals surface area (Å²) < 4.78 is 10.2. The molecule has 1 heterocycles. The first kappa shape index (κ1) is 20.2. The highest BCUT2D eigenvalue weighted by atomic mass is 16.5. The number of imide groups is 1. The van der Waals surface area contributed by atoms with E-state index >= 15 is 0 Å². The number of carbonyl (C=O) groups is 4. The summed E-state index contributed by atoms with van der Waals surface area (Å²) in [7, 11) is 1.48. The normalized spacial score (nSPS) is 16.5. The highest BCUT2D eigenvalue weighted by Gasteiger charge is 2.44. The summed E-state index contributed by atoms with van der Waals surface area (Å²) in [5.74, 6) is -1.15. The summed E-state index contributed by atoms with van der Waals surface area (Å²) in [4.78, 5) is 49.0.